The molecule has 0 unspecified atom stereocenters. The van der Waals surface area contributed by atoms with E-state index < -0.39 is 5.97 Å². The molecule has 0 saturated carbocycles. The van der Waals surface area contributed by atoms with Crippen molar-refractivity contribution in [3.63, 3.8) is 0 Å². The van der Waals surface area contributed by atoms with Gasteiger partial charge in [-0.2, -0.15) is 0 Å². The van der Waals surface area contributed by atoms with Gasteiger partial charge in [-0.3, -0.25) is 9.69 Å². The van der Waals surface area contributed by atoms with Crippen LogP contribution in [-0.4, -0.2) is 39.7 Å². The fourth-order valence-corrected chi connectivity index (χ4v) is 2.56. The molecule has 0 aromatic heterocycles. The zero-order valence-electron chi connectivity index (χ0n) is 7.00. The van der Waals surface area contributed by atoms with Crippen LogP contribution in [0.5, 0.6) is 0 Å². The highest BCUT2D eigenvalue weighted by Gasteiger charge is 2.44. The van der Waals surface area contributed by atoms with Gasteiger partial charge >= 0.3 is 5.97 Å². The molecule has 0 radical (unpaired) electrons. The highest BCUT2D eigenvalue weighted by atomic mass is 32.2. The molecule has 1 aliphatic heterocycles. The van der Waals surface area contributed by atoms with Gasteiger partial charge in [0.05, 0.1) is 0 Å². The molecule has 64 valence electrons. The van der Waals surface area contributed by atoms with E-state index in [4.69, 9.17) is 5.11 Å². The zero-order chi connectivity index (χ0) is 8.65. The van der Waals surface area contributed by atoms with Gasteiger partial charge < -0.3 is 5.11 Å². The van der Waals surface area contributed by atoms with Crippen LogP contribution in [0.4, 0.5) is 0 Å². The Kier molecular flexibility index (Phi) is 2.16. The SMILES string of the molecule is CN1CSC(C)(C)[C@H]1C(=O)O. The Hall–Kier alpha value is -0.220. The van der Waals surface area contributed by atoms with Gasteiger partial charge in [-0.25, -0.2) is 0 Å². The lowest BCUT2D eigenvalue weighted by molar-refractivity contribution is -0.142. The van der Waals surface area contributed by atoms with Gasteiger partial charge in [-0.1, -0.05) is 0 Å². The number of nitrogens with zero attached hydrogens (tertiary/aromatic N) is 1. The van der Waals surface area contributed by atoms with Gasteiger partial charge in [-0.05, 0) is 20.9 Å². The number of hydrogen-bond donors (Lipinski definition) is 1. The first-order valence-electron chi connectivity index (χ1n) is 3.52. The maximum atomic E-state index is 10.8. The van der Waals surface area contributed by atoms with Crippen LogP contribution in [0.1, 0.15) is 13.8 Å². The topological polar surface area (TPSA) is 40.5 Å². The van der Waals surface area contributed by atoms with Crippen LogP contribution in [0.2, 0.25) is 0 Å². The highest BCUT2D eigenvalue weighted by molar-refractivity contribution is 8.00. The number of thioether (sulfide) groups is 1. The summed E-state index contributed by atoms with van der Waals surface area (Å²) < 4.78 is -0.152. The molecule has 1 heterocycles. The highest BCUT2D eigenvalue weighted by Crippen LogP contribution is 2.37. The number of carboxylic acid groups (broad SMARTS) is 1. The van der Waals surface area contributed by atoms with Crippen molar-refractivity contribution in [3.8, 4) is 0 Å². The Morgan fingerprint density at radius 2 is 2.27 bits per heavy atom. The fraction of sp³-hybridized carbons (Fsp3) is 0.857. The summed E-state index contributed by atoms with van der Waals surface area (Å²) in [5.74, 6) is 0.0896. The molecule has 1 N–H and O–H groups in total. The van der Waals surface area contributed by atoms with Crippen molar-refractivity contribution >= 4 is 17.7 Å². The molecule has 0 amide bonds. The van der Waals surface area contributed by atoms with E-state index in [1.165, 1.54) is 0 Å². The molecule has 4 heteroatoms. The van der Waals surface area contributed by atoms with E-state index in [1.807, 2.05) is 25.8 Å². The molecule has 1 aliphatic rings. The molecule has 0 bridgehead atoms. The Balaban J connectivity index is 2.80. The summed E-state index contributed by atoms with van der Waals surface area (Å²) in [5.41, 5.74) is 0. The van der Waals surface area contributed by atoms with E-state index in [9.17, 15) is 4.79 Å². The molecule has 1 saturated heterocycles. The van der Waals surface area contributed by atoms with E-state index >= 15 is 0 Å². The maximum Gasteiger partial charge on any atom is 0.322 e. The molecule has 0 aromatic rings. The number of carboxylic acids is 1. The Bertz CT molecular complexity index is 181. The van der Waals surface area contributed by atoms with Crippen LogP contribution in [0.25, 0.3) is 0 Å². The van der Waals surface area contributed by atoms with Crippen LogP contribution in [0, 0.1) is 0 Å². The summed E-state index contributed by atoms with van der Waals surface area (Å²) in [6.45, 7) is 3.94. The fourth-order valence-electron chi connectivity index (χ4n) is 1.44. The molecule has 1 atom stereocenters. The third-order valence-electron chi connectivity index (χ3n) is 1.97. The lowest BCUT2D eigenvalue weighted by Crippen LogP contribution is -2.44. The first-order valence-corrected chi connectivity index (χ1v) is 4.51. The van der Waals surface area contributed by atoms with E-state index in [1.54, 1.807) is 11.8 Å². The van der Waals surface area contributed by atoms with Crippen molar-refractivity contribution < 1.29 is 9.90 Å². The van der Waals surface area contributed by atoms with Gasteiger partial charge in [0.15, 0.2) is 0 Å². The molecule has 0 aromatic carbocycles. The molecule has 1 fully saturated rings. The molecule has 11 heavy (non-hydrogen) atoms. The summed E-state index contributed by atoms with van der Waals surface area (Å²) in [5, 5.41) is 8.86. The van der Waals surface area contributed by atoms with Crippen molar-refractivity contribution in [1.29, 1.82) is 0 Å². The lowest BCUT2D eigenvalue weighted by atomic mass is 10.0. The van der Waals surface area contributed by atoms with Gasteiger partial charge in [-0.15, -0.1) is 11.8 Å². The Morgan fingerprint density at radius 1 is 1.73 bits per heavy atom. The maximum absolute atomic E-state index is 10.8. The van der Waals surface area contributed by atoms with Crippen molar-refractivity contribution in [1.82, 2.24) is 4.90 Å². The quantitative estimate of drug-likeness (QED) is 0.641. The molecular formula is C7H13NO2S. The summed E-state index contributed by atoms with van der Waals surface area (Å²) in [7, 11) is 1.85. The molecule has 1 rings (SSSR count). The van der Waals surface area contributed by atoms with E-state index in [2.05, 4.69) is 0 Å². The van der Waals surface area contributed by atoms with Crippen molar-refractivity contribution in [3.05, 3.63) is 0 Å². The van der Waals surface area contributed by atoms with Crippen LogP contribution in [-0.2, 0) is 4.79 Å². The first kappa shape index (κ1) is 8.87. The van der Waals surface area contributed by atoms with Crippen LogP contribution in [0.15, 0.2) is 0 Å². The second-order valence-corrected chi connectivity index (χ2v) is 4.97. The molecule has 3 nitrogen and oxygen atoms in total. The van der Waals surface area contributed by atoms with Crippen LogP contribution < -0.4 is 0 Å². The number of aliphatic carboxylic acids is 1. The van der Waals surface area contributed by atoms with Crippen LogP contribution in [0.3, 0.4) is 0 Å². The predicted molar refractivity (Wildman–Crippen MR) is 45.7 cm³/mol. The number of carbonyl (C=O) groups is 1. The third kappa shape index (κ3) is 1.51. The third-order valence-corrected chi connectivity index (χ3v) is 3.48. The summed E-state index contributed by atoms with van der Waals surface area (Å²) >= 11 is 1.69. The number of likely N-dealkylation sites (N-methyl/N-ethyl adjacent to an activating group) is 1. The standard InChI is InChI=1S/C7H13NO2S/c1-7(2)5(6(9)10)8(3)4-11-7/h5H,4H2,1-3H3,(H,9,10)/t5-/m1/s1. The lowest BCUT2D eigenvalue weighted by Gasteiger charge is -2.24. The minimum atomic E-state index is -0.720. The number of hydrogen-bond acceptors (Lipinski definition) is 3. The average Bonchev–Trinajstić information content (AvgIpc) is 2.06. The normalized spacial score (nSPS) is 30.6. The minimum absolute atomic E-state index is 0.152. The van der Waals surface area contributed by atoms with E-state index in [-0.39, 0.29) is 10.8 Å². The monoisotopic (exact) mass is 175 g/mol. The second kappa shape index (κ2) is 2.68. The van der Waals surface area contributed by atoms with Crippen molar-refractivity contribution in [2.75, 3.05) is 12.9 Å². The number of rotatable bonds is 1. The van der Waals surface area contributed by atoms with Gasteiger partial charge in [0, 0.05) is 10.6 Å². The molecule has 0 spiro atoms. The largest absolute Gasteiger partial charge is 0.480 e. The Morgan fingerprint density at radius 3 is 2.45 bits per heavy atom. The first-order chi connectivity index (χ1) is 4.95. The van der Waals surface area contributed by atoms with Crippen LogP contribution >= 0.6 is 11.8 Å². The second-order valence-electron chi connectivity index (χ2n) is 3.37. The predicted octanol–water partition coefficient (Wildman–Crippen LogP) is 0.854. The van der Waals surface area contributed by atoms with E-state index in [0.717, 1.165) is 5.88 Å². The smallest absolute Gasteiger partial charge is 0.322 e. The van der Waals surface area contributed by atoms with Gasteiger partial charge in [0.1, 0.15) is 6.04 Å². The molecular weight excluding hydrogens is 162 g/mol. The Labute approximate surface area is 70.8 Å². The summed E-state index contributed by atoms with van der Waals surface area (Å²) in [4.78, 5) is 12.6. The van der Waals surface area contributed by atoms with Crippen molar-refractivity contribution in [2.24, 2.45) is 0 Å². The summed E-state index contributed by atoms with van der Waals surface area (Å²) in [6.07, 6.45) is 0. The van der Waals surface area contributed by atoms with Gasteiger partial charge in [0.2, 0.25) is 0 Å². The van der Waals surface area contributed by atoms with E-state index in [0.29, 0.717) is 0 Å². The zero-order valence-corrected chi connectivity index (χ0v) is 7.81. The minimum Gasteiger partial charge on any atom is -0.480 e. The summed E-state index contributed by atoms with van der Waals surface area (Å²) in [6, 6.07) is -0.340. The van der Waals surface area contributed by atoms with Crippen molar-refractivity contribution in [2.45, 2.75) is 24.6 Å². The average molecular weight is 175 g/mol. The van der Waals surface area contributed by atoms with Gasteiger partial charge in [0.25, 0.3) is 0 Å². The molecule has 0 aliphatic carbocycles.